The van der Waals surface area contributed by atoms with E-state index in [1.807, 2.05) is 6.92 Å². The first-order chi connectivity index (χ1) is 8.58. The van der Waals surface area contributed by atoms with Crippen molar-refractivity contribution in [1.82, 2.24) is 4.98 Å². The van der Waals surface area contributed by atoms with Gasteiger partial charge in [-0.25, -0.2) is 4.79 Å². The second-order valence-corrected chi connectivity index (χ2v) is 4.56. The van der Waals surface area contributed by atoms with Crippen molar-refractivity contribution in [3.05, 3.63) is 34.5 Å². The number of esters is 1. The molecule has 1 heterocycles. The molecule has 0 aliphatic rings. The molecule has 0 atom stereocenters. The molecule has 0 amide bonds. The van der Waals surface area contributed by atoms with Gasteiger partial charge in [-0.3, -0.25) is 0 Å². The van der Waals surface area contributed by atoms with Crippen molar-refractivity contribution in [3.8, 4) is 0 Å². The highest BCUT2D eigenvalue weighted by Gasteiger charge is 2.18. The van der Waals surface area contributed by atoms with E-state index in [1.165, 1.54) is 5.56 Å². The third kappa shape index (κ3) is 2.01. The number of aromatic amines is 1. The Morgan fingerprint density at radius 3 is 2.61 bits per heavy atom. The minimum absolute atomic E-state index is 0.261. The summed E-state index contributed by atoms with van der Waals surface area (Å²) in [5.74, 6) is -0.261. The van der Waals surface area contributed by atoms with E-state index in [1.54, 1.807) is 0 Å². The number of H-pyrrole nitrogens is 1. The number of rotatable bonds is 3. The summed E-state index contributed by atoms with van der Waals surface area (Å²) in [7, 11) is 0. The van der Waals surface area contributed by atoms with Gasteiger partial charge in [0.1, 0.15) is 5.69 Å². The first kappa shape index (κ1) is 12.7. The maximum absolute atomic E-state index is 11.9. The minimum atomic E-state index is -0.261. The van der Waals surface area contributed by atoms with Crippen molar-refractivity contribution < 1.29 is 9.53 Å². The van der Waals surface area contributed by atoms with Gasteiger partial charge in [0.15, 0.2) is 0 Å². The van der Waals surface area contributed by atoms with Gasteiger partial charge in [-0.1, -0.05) is 18.6 Å². The number of aryl methyl sites for hydroxylation is 3. The highest BCUT2D eigenvalue weighted by atomic mass is 16.5. The molecule has 1 N–H and O–H groups in total. The molecular formula is C15H19NO2. The monoisotopic (exact) mass is 245 g/mol. The van der Waals surface area contributed by atoms with E-state index in [2.05, 4.69) is 37.9 Å². The molecule has 0 bridgehead atoms. The number of carbonyl (C=O) groups excluding carboxylic acids is 1. The number of hydrogen-bond acceptors (Lipinski definition) is 2. The number of nitrogens with one attached hydrogen (secondary N) is 1. The Labute approximate surface area is 107 Å². The summed E-state index contributed by atoms with van der Waals surface area (Å²) in [5.41, 5.74) is 5.07. The Bertz CT molecular complexity index is 596. The fourth-order valence-electron chi connectivity index (χ4n) is 2.45. The zero-order chi connectivity index (χ0) is 13.3. The normalized spacial score (nSPS) is 10.9. The van der Waals surface area contributed by atoms with Crippen molar-refractivity contribution in [3.63, 3.8) is 0 Å². The predicted octanol–water partition coefficient (Wildman–Crippen LogP) is 3.52. The average molecular weight is 245 g/mol. The summed E-state index contributed by atoms with van der Waals surface area (Å²) in [6.45, 7) is 8.41. The van der Waals surface area contributed by atoms with Crippen molar-refractivity contribution in [2.75, 3.05) is 6.61 Å². The average Bonchev–Trinajstić information content (AvgIpc) is 2.68. The molecule has 18 heavy (non-hydrogen) atoms. The molecule has 2 aromatic rings. The van der Waals surface area contributed by atoms with Gasteiger partial charge in [0.05, 0.1) is 6.61 Å². The van der Waals surface area contributed by atoms with Crippen molar-refractivity contribution in [2.45, 2.75) is 34.1 Å². The van der Waals surface area contributed by atoms with Crippen LogP contribution in [0.15, 0.2) is 12.1 Å². The van der Waals surface area contributed by atoms with Gasteiger partial charge < -0.3 is 9.72 Å². The van der Waals surface area contributed by atoms with Gasteiger partial charge in [-0.05, 0) is 44.4 Å². The molecule has 2 rings (SSSR count). The molecule has 0 radical (unpaired) electrons. The molecule has 3 heteroatoms. The van der Waals surface area contributed by atoms with E-state index in [4.69, 9.17) is 4.74 Å². The summed E-state index contributed by atoms with van der Waals surface area (Å²) in [5, 5.41) is 1.14. The van der Waals surface area contributed by atoms with Crippen LogP contribution in [0.2, 0.25) is 0 Å². The van der Waals surface area contributed by atoms with Crippen molar-refractivity contribution >= 4 is 16.9 Å². The van der Waals surface area contributed by atoms with Crippen LogP contribution >= 0.6 is 0 Å². The summed E-state index contributed by atoms with van der Waals surface area (Å²) in [6, 6.07) is 4.24. The number of aromatic nitrogens is 1. The zero-order valence-corrected chi connectivity index (χ0v) is 11.4. The second-order valence-electron chi connectivity index (χ2n) is 4.56. The SMILES string of the molecule is CCOC(=O)c1[nH]c2c(C)cc(C)cc2c1CC. The maximum atomic E-state index is 11.9. The maximum Gasteiger partial charge on any atom is 0.355 e. The topological polar surface area (TPSA) is 42.1 Å². The Kier molecular flexibility index (Phi) is 3.41. The molecule has 3 nitrogen and oxygen atoms in total. The lowest BCUT2D eigenvalue weighted by atomic mass is 10.0. The van der Waals surface area contributed by atoms with Gasteiger partial charge in [0.25, 0.3) is 0 Å². The minimum Gasteiger partial charge on any atom is -0.461 e. The zero-order valence-electron chi connectivity index (χ0n) is 11.4. The van der Waals surface area contributed by atoms with Crippen LogP contribution in [0.5, 0.6) is 0 Å². The lowest BCUT2D eigenvalue weighted by Gasteiger charge is -2.02. The van der Waals surface area contributed by atoms with Crippen LogP contribution in [0, 0.1) is 13.8 Å². The Morgan fingerprint density at radius 2 is 2.00 bits per heavy atom. The standard InChI is InChI=1S/C15H19NO2/c1-5-11-12-8-9(3)7-10(4)13(12)16-14(11)15(17)18-6-2/h7-8,16H,5-6H2,1-4H3. The molecular weight excluding hydrogens is 226 g/mol. The Hall–Kier alpha value is -1.77. The van der Waals surface area contributed by atoms with E-state index >= 15 is 0 Å². The number of fused-ring (bicyclic) bond motifs is 1. The van der Waals surface area contributed by atoms with Crippen LogP contribution in [-0.2, 0) is 11.2 Å². The van der Waals surface area contributed by atoms with E-state index < -0.39 is 0 Å². The third-order valence-corrected chi connectivity index (χ3v) is 3.19. The summed E-state index contributed by atoms with van der Waals surface area (Å²) < 4.78 is 5.10. The molecule has 96 valence electrons. The molecule has 0 unspecified atom stereocenters. The third-order valence-electron chi connectivity index (χ3n) is 3.19. The Balaban J connectivity index is 2.68. The largest absolute Gasteiger partial charge is 0.461 e. The number of ether oxygens (including phenoxy) is 1. The molecule has 0 saturated heterocycles. The van der Waals surface area contributed by atoms with E-state index in [-0.39, 0.29) is 5.97 Å². The molecule has 0 aliphatic heterocycles. The van der Waals surface area contributed by atoms with Crippen LogP contribution in [0.25, 0.3) is 10.9 Å². The fourth-order valence-corrected chi connectivity index (χ4v) is 2.45. The van der Waals surface area contributed by atoms with Crippen LogP contribution in [0.1, 0.15) is 41.0 Å². The smallest absolute Gasteiger partial charge is 0.355 e. The molecule has 1 aromatic carbocycles. The predicted molar refractivity (Wildman–Crippen MR) is 73.1 cm³/mol. The molecule has 0 aliphatic carbocycles. The highest BCUT2D eigenvalue weighted by molar-refractivity contribution is 5.99. The number of carbonyl (C=O) groups is 1. The van der Waals surface area contributed by atoms with Gasteiger partial charge in [-0.2, -0.15) is 0 Å². The van der Waals surface area contributed by atoms with Crippen LogP contribution in [-0.4, -0.2) is 17.6 Å². The fraction of sp³-hybridized carbons (Fsp3) is 0.400. The number of benzene rings is 1. The second kappa shape index (κ2) is 4.84. The van der Waals surface area contributed by atoms with Gasteiger partial charge in [-0.15, -0.1) is 0 Å². The quantitative estimate of drug-likeness (QED) is 0.841. The van der Waals surface area contributed by atoms with Crippen LogP contribution in [0.3, 0.4) is 0 Å². The van der Waals surface area contributed by atoms with Gasteiger partial charge in [0, 0.05) is 10.9 Å². The van der Waals surface area contributed by atoms with Crippen molar-refractivity contribution in [2.24, 2.45) is 0 Å². The summed E-state index contributed by atoms with van der Waals surface area (Å²) in [4.78, 5) is 15.2. The summed E-state index contributed by atoms with van der Waals surface area (Å²) in [6.07, 6.45) is 0.817. The lowest BCUT2D eigenvalue weighted by molar-refractivity contribution is 0.0519. The van der Waals surface area contributed by atoms with Gasteiger partial charge in [0.2, 0.25) is 0 Å². The van der Waals surface area contributed by atoms with E-state index in [0.717, 1.165) is 28.5 Å². The van der Waals surface area contributed by atoms with Gasteiger partial charge >= 0.3 is 5.97 Å². The van der Waals surface area contributed by atoms with E-state index in [0.29, 0.717) is 12.3 Å². The lowest BCUT2D eigenvalue weighted by Crippen LogP contribution is -2.07. The molecule has 0 spiro atoms. The first-order valence-electron chi connectivity index (χ1n) is 6.37. The number of hydrogen-bond donors (Lipinski definition) is 1. The molecule has 0 fully saturated rings. The van der Waals surface area contributed by atoms with Crippen molar-refractivity contribution in [1.29, 1.82) is 0 Å². The first-order valence-corrected chi connectivity index (χ1v) is 6.37. The molecule has 0 saturated carbocycles. The summed E-state index contributed by atoms with van der Waals surface area (Å²) >= 11 is 0. The highest BCUT2D eigenvalue weighted by Crippen LogP contribution is 2.27. The van der Waals surface area contributed by atoms with Crippen LogP contribution < -0.4 is 0 Å². The van der Waals surface area contributed by atoms with E-state index in [9.17, 15) is 4.79 Å². The van der Waals surface area contributed by atoms with Crippen LogP contribution in [0.4, 0.5) is 0 Å². The Morgan fingerprint density at radius 1 is 1.28 bits per heavy atom. The molecule has 1 aromatic heterocycles.